The van der Waals surface area contributed by atoms with E-state index in [1.165, 1.54) is 0 Å². The van der Waals surface area contributed by atoms with E-state index >= 15 is 0 Å². The first-order valence-corrected chi connectivity index (χ1v) is 6.61. The van der Waals surface area contributed by atoms with Gasteiger partial charge < -0.3 is 20.7 Å². The molecule has 0 aliphatic heterocycles. The fourth-order valence-electron chi connectivity index (χ4n) is 1.58. The highest BCUT2D eigenvalue weighted by Gasteiger charge is 2.00. The number of hydrogen-bond acceptors (Lipinski definition) is 4. The predicted molar refractivity (Wildman–Crippen MR) is 78.3 cm³/mol. The van der Waals surface area contributed by atoms with Crippen LogP contribution < -0.4 is 15.8 Å². The summed E-state index contributed by atoms with van der Waals surface area (Å²) >= 11 is 0. The fourth-order valence-corrected chi connectivity index (χ4v) is 1.58. The summed E-state index contributed by atoms with van der Waals surface area (Å²) in [5.74, 6) is 0.836. The summed E-state index contributed by atoms with van der Waals surface area (Å²) in [6.07, 6.45) is 0.999. The van der Waals surface area contributed by atoms with E-state index in [2.05, 4.69) is 31.1 Å². The zero-order valence-electron chi connectivity index (χ0n) is 11.7. The minimum Gasteiger partial charge on any atom is -0.493 e. The third-order valence-corrected chi connectivity index (χ3v) is 2.76. The molecule has 1 aromatic rings. The van der Waals surface area contributed by atoms with Gasteiger partial charge in [0, 0.05) is 36.6 Å². The molecule has 0 unspecified atom stereocenters. The van der Waals surface area contributed by atoms with Gasteiger partial charge in [0.25, 0.3) is 0 Å². The Morgan fingerprint density at radius 3 is 2.72 bits per heavy atom. The Labute approximate surface area is 110 Å². The third-order valence-electron chi connectivity index (χ3n) is 2.76. The zero-order valence-corrected chi connectivity index (χ0v) is 11.7. The highest BCUT2D eigenvalue weighted by atomic mass is 16.5. The minimum absolute atomic E-state index is 0.724. The first-order chi connectivity index (χ1) is 8.65. The molecule has 0 atom stereocenters. The van der Waals surface area contributed by atoms with Gasteiger partial charge in [0.2, 0.25) is 0 Å². The van der Waals surface area contributed by atoms with Crippen molar-refractivity contribution in [3.8, 4) is 5.75 Å². The quantitative estimate of drug-likeness (QED) is 0.697. The molecule has 0 saturated heterocycles. The van der Waals surface area contributed by atoms with Crippen molar-refractivity contribution < 1.29 is 4.74 Å². The van der Waals surface area contributed by atoms with Crippen molar-refractivity contribution in [2.24, 2.45) is 0 Å². The van der Waals surface area contributed by atoms with E-state index in [-0.39, 0.29) is 0 Å². The molecular weight excluding hydrogens is 226 g/mol. The maximum absolute atomic E-state index is 5.86. The van der Waals surface area contributed by atoms with Gasteiger partial charge in [0.05, 0.1) is 6.61 Å². The monoisotopic (exact) mass is 251 g/mol. The van der Waals surface area contributed by atoms with Gasteiger partial charge in [-0.2, -0.15) is 0 Å². The van der Waals surface area contributed by atoms with Crippen LogP contribution in [0.1, 0.15) is 20.3 Å². The van der Waals surface area contributed by atoms with Crippen molar-refractivity contribution in [2.75, 3.05) is 44.3 Å². The average molecular weight is 251 g/mol. The van der Waals surface area contributed by atoms with E-state index in [0.29, 0.717) is 0 Å². The molecule has 18 heavy (non-hydrogen) atoms. The molecule has 0 radical (unpaired) electrons. The van der Waals surface area contributed by atoms with E-state index in [0.717, 1.165) is 49.8 Å². The summed E-state index contributed by atoms with van der Waals surface area (Å²) in [6, 6.07) is 5.79. The van der Waals surface area contributed by atoms with Gasteiger partial charge in [0.15, 0.2) is 0 Å². The highest BCUT2D eigenvalue weighted by Crippen LogP contribution is 2.22. The van der Waals surface area contributed by atoms with Crippen LogP contribution >= 0.6 is 0 Å². The van der Waals surface area contributed by atoms with E-state index in [1.807, 2.05) is 18.2 Å². The summed E-state index contributed by atoms with van der Waals surface area (Å²) < 4.78 is 5.59. The number of anilines is 2. The summed E-state index contributed by atoms with van der Waals surface area (Å²) in [7, 11) is 2.11. The van der Waals surface area contributed by atoms with Crippen LogP contribution in [0.5, 0.6) is 5.75 Å². The number of ether oxygens (including phenoxy) is 1. The lowest BCUT2D eigenvalue weighted by Gasteiger charge is -2.15. The third kappa shape index (κ3) is 5.27. The number of benzene rings is 1. The fraction of sp³-hybridized carbons (Fsp3) is 0.571. The van der Waals surface area contributed by atoms with Crippen molar-refractivity contribution in [1.82, 2.24) is 4.90 Å². The van der Waals surface area contributed by atoms with Crippen LogP contribution in [0.25, 0.3) is 0 Å². The number of nitrogens with two attached hydrogens (primary N) is 1. The van der Waals surface area contributed by atoms with Gasteiger partial charge in [-0.25, -0.2) is 0 Å². The van der Waals surface area contributed by atoms with Crippen molar-refractivity contribution in [1.29, 1.82) is 0 Å². The second-order valence-electron chi connectivity index (χ2n) is 4.46. The summed E-state index contributed by atoms with van der Waals surface area (Å²) in [5.41, 5.74) is 7.61. The molecule has 0 aromatic heterocycles. The Morgan fingerprint density at radius 2 is 2.06 bits per heavy atom. The Balaban J connectivity index is 2.51. The molecule has 4 nitrogen and oxygen atoms in total. The van der Waals surface area contributed by atoms with E-state index in [9.17, 15) is 0 Å². The lowest BCUT2D eigenvalue weighted by Crippen LogP contribution is -2.24. The SMILES string of the molecule is CCCOc1cc(N)cc(NCCN(C)CC)c1. The number of nitrogens with one attached hydrogen (secondary N) is 1. The zero-order chi connectivity index (χ0) is 13.4. The van der Waals surface area contributed by atoms with E-state index in [4.69, 9.17) is 10.5 Å². The number of nitrogens with zero attached hydrogens (tertiary/aromatic N) is 1. The van der Waals surface area contributed by atoms with Crippen LogP contribution in [-0.2, 0) is 0 Å². The molecule has 0 amide bonds. The number of hydrogen-bond donors (Lipinski definition) is 2. The van der Waals surface area contributed by atoms with Crippen LogP contribution in [0.3, 0.4) is 0 Å². The molecule has 0 saturated carbocycles. The lowest BCUT2D eigenvalue weighted by molar-refractivity contribution is 0.317. The standard InChI is InChI=1S/C14H25N3O/c1-4-8-18-14-10-12(15)9-13(11-14)16-6-7-17(3)5-2/h9-11,16H,4-8,15H2,1-3H3. The van der Waals surface area contributed by atoms with Gasteiger partial charge in [-0.15, -0.1) is 0 Å². The smallest absolute Gasteiger partial charge is 0.123 e. The second kappa shape index (κ2) is 7.82. The van der Waals surface area contributed by atoms with Crippen molar-refractivity contribution >= 4 is 11.4 Å². The molecule has 0 aliphatic rings. The Hall–Kier alpha value is -1.42. The predicted octanol–water partition coefficient (Wildman–Crippen LogP) is 2.42. The van der Waals surface area contributed by atoms with Gasteiger partial charge in [-0.1, -0.05) is 13.8 Å². The van der Waals surface area contributed by atoms with Crippen LogP contribution in [0.2, 0.25) is 0 Å². The Bertz CT molecular complexity index is 355. The van der Waals surface area contributed by atoms with E-state index < -0.39 is 0 Å². The maximum atomic E-state index is 5.86. The minimum atomic E-state index is 0.724. The number of likely N-dealkylation sites (N-methyl/N-ethyl adjacent to an activating group) is 1. The molecule has 102 valence electrons. The second-order valence-corrected chi connectivity index (χ2v) is 4.46. The molecule has 0 heterocycles. The first-order valence-electron chi connectivity index (χ1n) is 6.61. The topological polar surface area (TPSA) is 50.5 Å². The van der Waals surface area contributed by atoms with Gasteiger partial charge in [0.1, 0.15) is 5.75 Å². The molecular formula is C14H25N3O. The molecule has 0 aliphatic carbocycles. The van der Waals surface area contributed by atoms with Crippen LogP contribution in [0.15, 0.2) is 18.2 Å². The van der Waals surface area contributed by atoms with E-state index in [1.54, 1.807) is 0 Å². The van der Waals surface area contributed by atoms with Crippen molar-refractivity contribution in [3.63, 3.8) is 0 Å². The molecule has 0 fully saturated rings. The Kier molecular flexibility index (Phi) is 6.36. The number of rotatable bonds is 8. The molecule has 4 heteroatoms. The maximum Gasteiger partial charge on any atom is 0.123 e. The van der Waals surface area contributed by atoms with Gasteiger partial charge >= 0.3 is 0 Å². The molecule has 0 spiro atoms. The molecule has 1 aromatic carbocycles. The molecule has 1 rings (SSSR count). The summed E-state index contributed by atoms with van der Waals surface area (Å²) in [5, 5.41) is 3.37. The van der Waals surface area contributed by atoms with Crippen LogP contribution in [0.4, 0.5) is 11.4 Å². The lowest BCUT2D eigenvalue weighted by atomic mass is 10.2. The molecule has 3 N–H and O–H groups in total. The first kappa shape index (κ1) is 14.6. The van der Waals surface area contributed by atoms with Gasteiger partial charge in [-0.05, 0) is 26.1 Å². The Morgan fingerprint density at radius 1 is 1.28 bits per heavy atom. The van der Waals surface area contributed by atoms with Crippen molar-refractivity contribution in [2.45, 2.75) is 20.3 Å². The van der Waals surface area contributed by atoms with Crippen LogP contribution in [0, 0.1) is 0 Å². The number of nitrogen functional groups attached to an aromatic ring is 1. The van der Waals surface area contributed by atoms with Gasteiger partial charge in [-0.3, -0.25) is 0 Å². The summed E-state index contributed by atoms with van der Waals surface area (Å²) in [4.78, 5) is 2.26. The largest absolute Gasteiger partial charge is 0.493 e. The van der Waals surface area contributed by atoms with Crippen LogP contribution in [-0.4, -0.2) is 38.2 Å². The summed E-state index contributed by atoms with van der Waals surface area (Å²) in [6.45, 7) is 7.94. The normalized spacial score (nSPS) is 10.7. The highest BCUT2D eigenvalue weighted by molar-refractivity contribution is 5.59. The molecule has 0 bridgehead atoms. The van der Waals surface area contributed by atoms with Crippen molar-refractivity contribution in [3.05, 3.63) is 18.2 Å². The average Bonchev–Trinajstić information content (AvgIpc) is 2.35.